The van der Waals surface area contributed by atoms with E-state index >= 15 is 0 Å². The first-order valence-electron chi connectivity index (χ1n) is 6.66. The Bertz CT molecular complexity index is 557. The van der Waals surface area contributed by atoms with Crippen LogP contribution < -0.4 is 11.3 Å². The number of rotatable bonds is 4. The average Bonchev–Trinajstić information content (AvgIpc) is 2.90. The van der Waals surface area contributed by atoms with Gasteiger partial charge >= 0.3 is 0 Å². The van der Waals surface area contributed by atoms with Gasteiger partial charge in [0, 0.05) is 15.5 Å². The molecule has 2 aromatic rings. The fourth-order valence-corrected chi connectivity index (χ4v) is 4.88. The lowest BCUT2D eigenvalue weighted by Crippen LogP contribution is -2.28. The van der Waals surface area contributed by atoms with Crippen molar-refractivity contribution in [3.8, 4) is 0 Å². The monoisotopic (exact) mass is 308 g/mol. The molecule has 1 aliphatic rings. The van der Waals surface area contributed by atoms with Crippen LogP contribution in [0, 0.1) is 5.82 Å². The van der Waals surface area contributed by atoms with E-state index in [0.29, 0.717) is 0 Å². The minimum Gasteiger partial charge on any atom is -0.271 e. The summed E-state index contributed by atoms with van der Waals surface area (Å²) in [5.41, 5.74) is 5.45. The fourth-order valence-electron chi connectivity index (χ4n) is 2.44. The van der Waals surface area contributed by atoms with Crippen molar-refractivity contribution in [3.63, 3.8) is 0 Å². The highest BCUT2D eigenvalue weighted by Crippen LogP contribution is 2.35. The lowest BCUT2D eigenvalue weighted by Gasteiger charge is -2.14. The summed E-state index contributed by atoms with van der Waals surface area (Å²) in [6.07, 6.45) is 1.95. The molecule has 3 rings (SSSR count). The summed E-state index contributed by atoms with van der Waals surface area (Å²) in [6.45, 7) is 0. The highest BCUT2D eigenvalue weighted by atomic mass is 32.2. The van der Waals surface area contributed by atoms with Crippen LogP contribution in [0.15, 0.2) is 30.3 Å². The second kappa shape index (κ2) is 6.26. The molecule has 106 valence electrons. The van der Waals surface area contributed by atoms with E-state index in [2.05, 4.69) is 11.5 Å². The molecule has 0 fully saturated rings. The molecule has 0 spiro atoms. The number of nitrogens with one attached hydrogen (secondary N) is 1. The van der Waals surface area contributed by atoms with Crippen molar-refractivity contribution in [3.05, 3.63) is 57.0 Å². The highest BCUT2D eigenvalue weighted by molar-refractivity contribution is 7.98. The first kappa shape index (κ1) is 14.1. The Balaban J connectivity index is 1.79. The van der Waals surface area contributed by atoms with Crippen LogP contribution in [0.3, 0.4) is 0 Å². The van der Waals surface area contributed by atoms with E-state index in [9.17, 15) is 4.39 Å². The van der Waals surface area contributed by atoms with Crippen LogP contribution in [0.4, 0.5) is 4.39 Å². The molecule has 1 aliphatic heterocycles. The molecule has 1 aromatic carbocycles. The number of hydrogen-bond donors (Lipinski definition) is 2. The Morgan fingerprint density at radius 1 is 1.30 bits per heavy atom. The van der Waals surface area contributed by atoms with Crippen molar-refractivity contribution in [2.45, 2.75) is 24.6 Å². The molecule has 1 unspecified atom stereocenters. The Hall–Kier alpha value is -0.880. The summed E-state index contributed by atoms with van der Waals surface area (Å²) in [5, 5.41) is 0. The minimum atomic E-state index is -0.199. The third kappa shape index (κ3) is 3.06. The van der Waals surface area contributed by atoms with Gasteiger partial charge in [-0.2, -0.15) is 11.8 Å². The van der Waals surface area contributed by atoms with Gasteiger partial charge in [0.05, 0.1) is 6.04 Å². The van der Waals surface area contributed by atoms with Crippen molar-refractivity contribution in [2.75, 3.05) is 5.75 Å². The molecular weight excluding hydrogens is 291 g/mol. The maximum atomic E-state index is 12.9. The average molecular weight is 308 g/mol. The third-order valence-corrected chi connectivity index (χ3v) is 5.90. The summed E-state index contributed by atoms with van der Waals surface area (Å²) in [4.78, 5) is 2.78. The predicted octanol–water partition coefficient (Wildman–Crippen LogP) is 3.42. The molecule has 0 saturated heterocycles. The number of halogens is 1. The zero-order valence-electron chi connectivity index (χ0n) is 11.1. The van der Waals surface area contributed by atoms with Gasteiger partial charge in [0.1, 0.15) is 5.82 Å². The van der Waals surface area contributed by atoms with Gasteiger partial charge < -0.3 is 0 Å². The summed E-state index contributed by atoms with van der Waals surface area (Å²) in [5.74, 6) is 7.84. The molecule has 0 bridgehead atoms. The summed E-state index contributed by atoms with van der Waals surface area (Å²) in [6, 6.07) is 9.02. The van der Waals surface area contributed by atoms with Crippen LogP contribution in [0.5, 0.6) is 0 Å². The van der Waals surface area contributed by atoms with E-state index in [-0.39, 0.29) is 11.9 Å². The minimum absolute atomic E-state index is 0.0982. The van der Waals surface area contributed by atoms with Crippen LogP contribution >= 0.6 is 23.1 Å². The Morgan fingerprint density at radius 2 is 2.10 bits per heavy atom. The highest BCUT2D eigenvalue weighted by Gasteiger charge is 2.19. The van der Waals surface area contributed by atoms with Crippen LogP contribution in [-0.4, -0.2) is 5.75 Å². The Morgan fingerprint density at radius 3 is 2.80 bits per heavy atom. The molecule has 2 nitrogen and oxygen atoms in total. The largest absolute Gasteiger partial charge is 0.271 e. The molecule has 0 radical (unpaired) electrons. The maximum absolute atomic E-state index is 12.9. The van der Waals surface area contributed by atoms with Crippen LogP contribution in [-0.2, 0) is 18.6 Å². The summed E-state index contributed by atoms with van der Waals surface area (Å²) in [7, 11) is 0. The molecule has 20 heavy (non-hydrogen) atoms. The molecule has 1 atom stereocenters. The first-order chi connectivity index (χ1) is 9.76. The number of thioether (sulfide) groups is 1. The van der Waals surface area contributed by atoms with Gasteiger partial charge in [-0.15, -0.1) is 11.3 Å². The smallest absolute Gasteiger partial charge is 0.123 e. The first-order valence-corrected chi connectivity index (χ1v) is 8.63. The SMILES string of the molecule is NNC(Cc1ccc(F)cc1)c1cc2c(s1)CCSC2. The number of nitrogens with two attached hydrogens (primary N) is 1. The van der Waals surface area contributed by atoms with E-state index in [1.807, 2.05) is 35.2 Å². The van der Waals surface area contributed by atoms with Crippen molar-refractivity contribution < 1.29 is 4.39 Å². The quantitative estimate of drug-likeness (QED) is 0.671. The van der Waals surface area contributed by atoms with Gasteiger partial charge in [-0.3, -0.25) is 11.3 Å². The van der Waals surface area contributed by atoms with Crippen LogP contribution in [0.1, 0.15) is 26.9 Å². The zero-order valence-corrected chi connectivity index (χ0v) is 12.7. The van der Waals surface area contributed by atoms with Crippen molar-refractivity contribution >= 4 is 23.1 Å². The maximum Gasteiger partial charge on any atom is 0.123 e. The lowest BCUT2D eigenvalue weighted by molar-refractivity contribution is 0.559. The zero-order chi connectivity index (χ0) is 13.9. The topological polar surface area (TPSA) is 38.0 Å². The normalized spacial score (nSPS) is 15.9. The molecule has 0 amide bonds. The Labute approximate surface area is 126 Å². The van der Waals surface area contributed by atoms with E-state index in [1.54, 1.807) is 0 Å². The second-order valence-electron chi connectivity index (χ2n) is 4.95. The second-order valence-corrected chi connectivity index (χ2v) is 7.22. The molecule has 3 N–H and O–H groups in total. The van der Waals surface area contributed by atoms with E-state index in [4.69, 9.17) is 5.84 Å². The number of benzene rings is 1. The summed E-state index contributed by atoms with van der Waals surface area (Å²) < 4.78 is 12.9. The molecule has 5 heteroatoms. The van der Waals surface area contributed by atoms with Gasteiger partial charge in [-0.1, -0.05) is 12.1 Å². The fraction of sp³-hybridized carbons (Fsp3) is 0.333. The van der Waals surface area contributed by atoms with Crippen LogP contribution in [0.25, 0.3) is 0 Å². The predicted molar refractivity (Wildman–Crippen MR) is 84.4 cm³/mol. The van der Waals surface area contributed by atoms with Crippen molar-refractivity contribution in [2.24, 2.45) is 5.84 Å². The molecule has 0 saturated carbocycles. The van der Waals surface area contributed by atoms with Gasteiger partial charge in [-0.25, -0.2) is 4.39 Å². The summed E-state index contributed by atoms with van der Waals surface area (Å²) >= 11 is 3.85. The van der Waals surface area contributed by atoms with Crippen LogP contribution in [0.2, 0.25) is 0 Å². The molecule has 1 aromatic heterocycles. The third-order valence-electron chi connectivity index (χ3n) is 3.54. The number of hydrazine groups is 1. The number of hydrogen-bond acceptors (Lipinski definition) is 4. The van der Waals surface area contributed by atoms with E-state index in [1.165, 1.54) is 39.6 Å². The van der Waals surface area contributed by atoms with E-state index in [0.717, 1.165) is 17.7 Å². The number of fused-ring (bicyclic) bond motifs is 1. The van der Waals surface area contributed by atoms with Gasteiger partial charge in [0.25, 0.3) is 0 Å². The molecular formula is C15H17FN2S2. The molecule has 2 heterocycles. The molecule has 0 aliphatic carbocycles. The Kier molecular flexibility index (Phi) is 4.41. The van der Waals surface area contributed by atoms with Gasteiger partial charge in [-0.05, 0) is 47.9 Å². The van der Waals surface area contributed by atoms with Crippen molar-refractivity contribution in [1.82, 2.24) is 5.43 Å². The standard InChI is InChI=1S/C15H17FN2S2/c16-12-3-1-10(2-4-12)7-13(18-17)15-8-11-9-19-6-5-14(11)20-15/h1-4,8,13,18H,5-7,9,17H2. The van der Waals surface area contributed by atoms with Crippen molar-refractivity contribution in [1.29, 1.82) is 0 Å². The lowest BCUT2D eigenvalue weighted by atomic mass is 10.0. The number of thiophene rings is 1. The number of aryl methyl sites for hydroxylation is 1. The van der Waals surface area contributed by atoms with Gasteiger partial charge in [0.15, 0.2) is 0 Å². The van der Waals surface area contributed by atoms with Gasteiger partial charge in [0.2, 0.25) is 0 Å². The van der Waals surface area contributed by atoms with E-state index < -0.39 is 0 Å².